The smallest absolute Gasteiger partial charge is 0.199 e. The zero-order chi connectivity index (χ0) is 34.5. The van der Waals surface area contributed by atoms with Crippen LogP contribution in [0.4, 0.5) is 0 Å². The minimum atomic E-state index is 0.456. The molecule has 4 atom stereocenters. The van der Waals surface area contributed by atoms with Crippen LogP contribution in [0, 0.1) is 35.5 Å². The normalized spacial score (nSPS) is 14.6. The zero-order valence-corrected chi connectivity index (χ0v) is 31.4. The highest BCUT2D eigenvalue weighted by Crippen LogP contribution is 2.34. The van der Waals surface area contributed by atoms with Gasteiger partial charge in [0.1, 0.15) is 0 Å². The minimum absolute atomic E-state index is 0.456. The van der Waals surface area contributed by atoms with Gasteiger partial charge in [0.15, 0.2) is 22.8 Å². The summed E-state index contributed by atoms with van der Waals surface area (Å²) in [6, 6.07) is 11.8. The van der Waals surface area contributed by atoms with E-state index in [0.29, 0.717) is 36.3 Å². The largest absolute Gasteiger partial charge is 0.489 e. The molecular formula is C42H64N4O2. The second-order valence-corrected chi connectivity index (χ2v) is 15.9. The van der Waals surface area contributed by atoms with Gasteiger partial charge in [0.05, 0.1) is 35.3 Å². The number of benzene rings is 2. The Morgan fingerprint density at radius 2 is 0.771 bits per heavy atom. The van der Waals surface area contributed by atoms with Crippen molar-refractivity contribution in [3.8, 4) is 11.5 Å². The fraction of sp³-hybridized carbons (Fsp3) is 0.667. The summed E-state index contributed by atoms with van der Waals surface area (Å²) in [7, 11) is 0. The Kier molecular flexibility index (Phi) is 15.1. The fourth-order valence-corrected chi connectivity index (χ4v) is 6.60. The van der Waals surface area contributed by atoms with Gasteiger partial charge < -0.3 is 9.47 Å². The maximum Gasteiger partial charge on any atom is 0.199 e. The first-order chi connectivity index (χ1) is 23.1. The summed E-state index contributed by atoms with van der Waals surface area (Å²) in [5, 5.41) is 0. The summed E-state index contributed by atoms with van der Waals surface area (Å²) in [5.41, 5.74) is 4.22. The van der Waals surface area contributed by atoms with Crippen molar-refractivity contribution in [2.24, 2.45) is 35.5 Å². The fourth-order valence-electron chi connectivity index (χ4n) is 6.60. The van der Waals surface area contributed by atoms with Gasteiger partial charge in [0.2, 0.25) is 0 Å². The standard InChI is InChI=1S/C42H64N4O2/c1-29(2)15-11-17-31(5)19-13-21-33(7)27-47-39-25-37-38(46-42-41(45-37)43-35-23-9-10-24-36(35)44-42)26-40(39)48-28-34(8)22-14-20-32(6)18-12-16-30(3)4/h9-10,23-26,29-34H,11-22,27-28H2,1-8H3. The number of fused-ring (bicyclic) bond motifs is 3. The van der Waals surface area contributed by atoms with Crippen LogP contribution in [0.1, 0.15) is 132 Å². The molecule has 4 aromatic rings. The van der Waals surface area contributed by atoms with Crippen molar-refractivity contribution in [1.82, 2.24) is 19.9 Å². The van der Waals surface area contributed by atoms with Crippen molar-refractivity contribution < 1.29 is 9.47 Å². The van der Waals surface area contributed by atoms with E-state index in [-0.39, 0.29) is 0 Å². The molecule has 4 rings (SSSR count). The van der Waals surface area contributed by atoms with Crippen LogP contribution in [-0.4, -0.2) is 33.1 Å². The van der Waals surface area contributed by atoms with E-state index in [1.807, 2.05) is 36.4 Å². The van der Waals surface area contributed by atoms with Crippen LogP contribution in [0.3, 0.4) is 0 Å². The topological polar surface area (TPSA) is 70.0 Å². The van der Waals surface area contributed by atoms with Gasteiger partial charge >= 0.3 is 0 Å². The molecule has 0 radical (unpaired) electrons. The van der Waals surface area contributed by atoms with Crippen molar-refractivity contribution in [3.63, 3.8) is 0 Å². The summed E-state index contributed by atoms with van der Waals surface area (Å²) in [6.45, 7) is 20.0. The quantitative estimate of drug-likeness (QED) is 0.0784. The van der Waals surface area contributed by atoms with E-state index in [1.165, 1.54) is 77.0 Å². The summed E-state index contributed by atoms with van der Waals surface area (Å²) in [4.78, 5) is 19.2. The molecule has 0 aliphatic heterocycles. The molecule has 2 aromatic heterocycles. The van der Waals surface area contributed by atoms with Gasteiger partial charge in [-0.05, 0) is 60.5 Å². The summed E-state index contributed by atoms with van der Waals surface area (Å²) < 4.78 is 13.0. The Bertz CT molecular complexity index is 1420. The average molecular weight is 657 g/mol. The summed E-state index contributed by atoms with van der Waals surface area (Å²) in [6.07, 6.45) is 15.4. The van der Waals surface area contributed by atoms with Crippen LogP contribution in [-0.2, 0) is 0 Å². The first-order valence-corrected chi connectivity index (χ1v) is 19.2. The van der Waals surface area contributed by atoms with Crippen molar-refractivity contribution in [2.75, 3.05) is 13.2 Å². The molecule has 0 N–H and O–H groups in total. The monoisotopic (exact) mass is 657 g/mol. The lowest BCUT2D eigenvalue weighted by molar-refractivity contribution is 0.210. The molecule has 264 valence electrons. The zero-order valence-electron chi connectivity index (χ0n) is 31.4. The van der Waals surface area contributed by atoms with Gasteiger partial charge in [-0.2, -0.15) is 0 Å². The molecule has 0 bridgehead atoms. The SMILES string of the molecule is CC(C)CCCC(C)CCCC(C)COc1cc2nc3nc4ccccc4nc3nc2cc1OCC(C)CCCC(C)CCCC(C)C. The molecule has 0 saturated heterocycles. The average Bonchev–Trinajstić information content (AvgIpc) is 3.04. The maximum absolute atomic E-state index is 6.51. The Hall–Kier alpha value is -3.02. The lowest BCUT2D eigenvalue weighted by atomic mass is 9.93. The highest BCUT2D eigenvalue weighted by atomic mass is 16.5. The van der Waals surface area contributed by atoms with E-state index in [9.17, 15) is 0 Å². The predicted molar refractivity (Wildman–Crippen MR) is 203 cm³/mol. The molecular weight excluding hydrogens is 592 g/mol. The maximum atomic E-state index is 6.51. The van der Waals surface area contributed by atoms with Crippen LogP contribution >= 0.6 is 0 Å². The molecule has 0 aliphatic rings. The highest BCUT2D eigenvalue weighted by Gasteiger charge is 2.16. The lowest BCUT2D eigenvalue weighted by Gasteiger charge is -2.19. The molecule has 0 spiro atoms. The van der Waals surface area contributed by atoms with Crippen molar-refractivity contribution in [1.29, 1.82) is 0 Å². The van der Waals surface area contributed by atoms with E-state index in [1.54, 1.807) is 0 Å². The molecule has 2 aromatic carbocycles. The van der Waals surface area contributed by atoms with E-state index in [2.05, 4.69) is 55.4 Å². The van der Waals surface area contributed by atoms with Crippen molar-refractivity contribution in [2.45, 2.75) is 132 Å². The summed E-state index contributed by atoms with van der Waals surface area (Å²) in [5.74, 6) is 5.58. The van der Waals surface area contributed by atoms with E-state index in [0.717, 1.165) is 57.2 Å². The molecule has 0 saturated carbocycles. The predicted octanol–water partition coefficient (Wildman–Crippen LogP) is 12.0. The first-order valence-electron chi connectivity index (χ1n) is 19.2. The Labute approximate surface area is 291 Å². The number of ether oxygens (including phenoxy) is 2. The molecule has 0 fully saturated rings. The minimum Gasteiger partial charge on any atom is -0.489 e. The second-order valence-electron chi connectivity index (χ2n) is 15.9. The summed E-state index contributed by atoms with van der Waals surface area (Å²) >= 11 is 0. The lowest BCUT2D eigenvalue weighted by Crippen LogP contribution is -2.12. The van der Waals surface area contributed by atoms with Crippen LogP contribution in [0.5, 0.6) is 11.5 Å². The molecule has 4 unspecified atom stereocenters. The van der Waals surface area contributed by atoms with Gasteiger partial charge in [0.25, 0.3) is 0 Å². The Balaban J connectivity index is 1.40. The van der Waals surface area contributed by atoms with Gasteiger partial charge in [-0.15, -0.1) is 0 Å². The molecule has 0 amide bonds. The number of nitrogens with zero attached hydrogens (tertiary/aromatic N) is 4. The molecule has 2 heterocycles. The second kappa shape index (κ2) is 19.2. The third-order valence-electron chi connectivity index (χ3n) is 9.82. The van der Waals surface area contributed by atoms with E-state index >= 15 is 0 Å². The van der Waals surface area contributed by atoms with Gasteiger partial charge in [-0.25, -0.2) is 19.9 Å². The van der Waals surface area contributed by atoms with Crippen LogP contribution < -0.4 is 9.47 Å². The van der Waals surface area contributed by atoms with Gasteiger partial charge in [-0.3, -0.25) is 0 Å². The highest BCUT2D eigenvalue weighted by molar-refractivity contribution is 5.89. The van der Waals surface area contributed by atoms with Crippen molar-refractivity contribution in [3.05, 3.63) is 36.4 Å². The molecule has 48 heavy (non-hydrogen) atoms. The van der Waals surface area contributed by atoms with E-state index in [4.69, 9.17) is 29.4 Å². The molecule has 6 heteroatoms. The number of para-hydroxylation sites is 2. The third-order valence-corrected chi connectivity index (χ3v) is 9.82. The number of rotatable bonds is 22. The van der Waals surface area contributed by atoms with Crippen molar-refractivity contribution >= 4 is 33.4 Å². The van der Waals surface area contributed by atoms with Crippen LogP contribution in [0.25, 0.3) is 33.4 Å². The first kappa shape index (κ1) is 37.8. The van der Waals surface area contributed by atoms with Crippen LogP contribution in [0.15, 0.2) is 36.4 Å². The Morgan fingerprint density at radius 3 is 1.15 bits per heavy atom. The molecule has 6 nitrogen and oxygen atoms in total. The number of hydrogen-bond acceptors (Lipinski definition) is 6. The van der Waals surface area contributed by atoms with E-state index < -0.39 is 0 Å². The van der Waals surface area contributed by atoms with Gasteiger partial charge in [-0.1, -0.05) is 132 Å². The molecule has 0 aliphatic carbocycles. The van der Waals surface area contributed by atoms with Crippen LogP contribution in [0.2, 0.25) is 0 Å². The number of hydrogen-bond donors (Lipinski definition) is 0. The van der Waals surface area contributed by atoms with Gasteiger partial charge in [0, 0.05) is 12.1 Å². The number of aromatic nitrogens is 4. The third kappa shape index (κ3) is 12.5. The Morgan fingerprint density at radius 1 is 0.438 bits per heavy atom.